The minimum Gasteiger partial charge on any atom is -0.391 e. The average molecular weight is 269 g/mol. The molecule has 0 aliphatic heterocycles. The molecule has 102 valence electrons. The summed E-state index contributed by atoms with van der Waals surface area (Å²) < 4.78 is 31.1. The number of hydrogen-bond donors (Lipinski definition) is 2. The van der Waals surface area contributed by atoms with Gasteiger partial charge in [-0.1, -0.05) is 11.2 Å². The monoisotopic (exact) mass is 269 g/mol. The Morgan fingerprint density at radius 1 is 1.42 bits per heavy atom. The van der Waals surface area contributed by atoms with Crippen LogP contribution in [0.4, 0.5) is 8.78 Å². The van der Waals surface area contributed by atoms with E-state index in [2.05, 4.69) is 10.1 Å². The van der Waals surface area contributed by atoms with Gasteiger partial charge in [0.05, 0.1) is 6.10 Å². The van der Waals surface area contributed by atoms with Gasteiger partial charge in [0.25, 0.3) is 0 Å². The number of benzene rings is 1. The van der Waals surface area contributed by atoms with Gasteiger partial charge >= 0.3 is 0 Å². The van der Waals surface area contributed by atoms with Gasteiger partial charge in [-0.2, -0.15) is 4.98 Å². The summed E-state index contributed by atoms with van der Waals surface area (Å²) in [4.78, 5) is 3.97. The van der Waals surface area contributed by atoms with Crippen molar-refractivity contribution in [3.63, 3.8) is 0 Å². The minimum atomic E-state index is -0.837. The zero-order valence-electron chi connectivity index (χ0n) is 10.2. The first-order chi connectivity index (χ1) is 8.97. The number of nitrogens with zero attached hydrogens (tertiary/aromatic N) is 2. The van der Waals surface area contributed by atoms with Gasteiger partial charge in [-0.05, 0) is 18.6 Å². The molecule has 0 saturated carbocycles. The van der Waals surface area contributed by atoms with Crippen molar-refractivity contribution in [2.75, 3.05) is 0 Å². The zero-order valence-corrected chi connectivity index (χ0v) is 10.2. The summed E-state index contributed by atoms with van der Waals surface area (Å²) in [6.45, 7) is 1.49. The molecule has 1 aromatic heterocycles. The topological polar surface area (TPSA) is 85.2 Å². The lowest BCUT2D eigenvalue weighted by atomic mass is 10.1. The molecule has 0 amide bonds. The second-order valence-electron chi connectivity index (χ2n) is 4.23. The molecule has 0 saturated heterocycles. The molecule has 1 aromatic carbocycles. The first-order valence-electron chi connectivity index (χ1n) is 5.67. The maximum Gasteiger partial charge on any atom is 0.246 e. The van der Waals surface area contributed by atoms with Crippen molar-refractivity contribution in [3.05, 3.63) is 47.1 Å². The zero-order chi connectivity index (χ0) is 14.0. The Morgan fingerprint density at radius 3 is 2.79 bits per heavy atom. The molecule has 7 heteroatoms. The van der Waals surface area contributed by atoms with Gasteiger partial charge in [0.1, 0.15) is 17.7 Å². The van der Waals surface area contributed by atoms with Crippen LogP contribution in [0.2, 0.25) is 0 Å². The number of halogens is 2. The summed E-state index contributed by atoms with van der Waals surface area (Å²) >= 11 is 0. The van der Waals surface area contributed by atoms with Gasteiger partial charge in [0.15, 0.2) is 5.82 Å². The third-order valence-electron chi connectivity index (χ3n) is 2.65. The molecular formula is C12H13F2N3O2. The quantitative estimate of drug-likeness (QED) is 0.874. The Labute approximate surface area is 108 Å². The molecule has 1 heterocycles. The second kappa shape index (κ2) is 5.41. The lowest BCUT2D eigenvalue weighted by Crippen LogP contribution is -2.23. The van der Waals surface area contributed by atoms with Crippen molar-refractivity contribution in [2.45, 2.75) is 25.5 Å². The van der Waals surface area contributed by atoms with E-state index >= 15 is 0 Å². The minimum absolute atomic E-state index is 0.0577. The van der Waals surface area contributed by atoms with E-state index < -0.39 is 23.8 Å². The molecule has 0 aliphatic rings. The van der Waals surface area contributed by atoms with Crippen molar-refractivity contribution >= 4 is 0 Å². The molecule has 3 N–H and O–H groups in total. The summed E-state index contributed by atoms with van der Waals surface area (Å²) in [6.07, 6.45) is -0.779. The molecule has 0 fully saturated rings. The first-order valence-corrected chi connectivity index (χ1v) is 5.67. The smallest absolute Gasteiger partial charge is 0.246 e. The summed E-state index contributed by atoms with van der Waals surface area (Å²) in [7, 11) is 0. The largest absolute Gasteiger partial charge is 0.391 e. The van der Waals surface area contributed by atoms with E-state index in [1.807, 2.05) is 0 Å². The molecule has 2 aromatic rings. The summed E-state index contributed by atoms with van der Waals surface area (Å²) in [5.74, 6) is -1.03. The van der Waals surface area contributed by atoms with E-state index in [0.29, 0.717) is 0 Å². The van der Waals surface area contributed by atoms with E-state index in [-0.39, 0.29) is 23.7 Å². The predicted octanol–water partition coefficient (Wildman–Crippen LogP) is 1.32. The normalized spacial score (nSPS) is 14.4. The molecule has 0 spiro atoms. The van der Waals surface area contributed by atoms with Gasteiger partial charge < -0.3 is 15.4 Å². The van der Waals surface area contributed by atoms with Crippen molar-refractivity contribution in [3.8, 4) is 0 Å². The van der Waals surface area contributed by atoms with Crippen LogP contribution in [0.1, 0.15) is 30.2 Å². The standard InChI is InChI=1S/C12H13F2N3O2/c1-6(18)11(15)12-16-10(17-19-12)4-7-2-3-8(13)5-9(7)14/h2-3,5-6,11,18H,4,15H2,1H3. The van der Waals surface area contributed by atoms with E-state index in [9.17, 15) is 13.9 Å². The highest BCUT2D eigenvalue weighted by atomic mass is 19.1. The highest BCUT2D eigenvalue weighted by molar-refractivity contribution is 5.21. The second-order valence-corrected chi connectivity index (χ2v) is 4.23. The lowest BCUT2D eigenvalue weighted by molar-refractivity contribution is 0.146. The average Bonchev–Trinajstić information content (AvgIpc) is 2.80. The Bertz CT molecular complexity index is 572. The van der Waals surface area contributed by atoms with Crippen LogP contribution in [0, 0.1) is 11.6 Å². The van der Waals surface area contributed by atoms with E-state index in [0.717, 1.165) is 12.1 Å². The third-order valence-corrected chi connectivity index (χ3v) is 2.65. The summed E-state index contributed by atoms with van der Waals surface area (Å²) in [5, 5.41) is 12.9. The molecule has 0 aliphatic carbocycles. The molecular weight excluding hydrogens is 256 g/mol. The third kappa shape index (κ3) is 3.12. The number of nitrogens with two attached hydrogens (primary N) is 1. The van der Waals surface area contributed by atoms with Crippen molar-refractivity contribution in [1.82, 2.24) is 10.1 Å². The maximum absolute atomic E-state index is 13.4. The number of aromatic nitrogens is 2. The molecule has 2 rings (SSSR count). The summed E-state index contributed by atoms with van der Waals surface area (Å²) in [5.41, 5.74) is 5.87. The van der Waals surface area contributed by atoms with Crippen LogP contribution < -0.4 is 5.73 Å². The molecule has 0 radical (unpaired) electrons. The summed E-state index contributed by atoms with van der Waals surface area (Å²) in [6, 6.07) is 2.47. The molecule has 19 heavy (non-hydrogen) atoms. The van der Waals surface area contributed by atoms with Crippen LogP contribution in [0.25, 0.3) is 0 Å². The fourth-order valence-electron chi connectivity index (χ4n) is 1.52. The molecule has 2 atom stereocenters. The number of hydrogen-bond acceptors (Lipinski definition) is 5. The predicted molar refractivity (Wildman–Crippen MR) is 62.1 cm³/mol. The highest BCUT2D eigenvalue weighted by Crippen LogP contribution is 2.16. The highest BCUT2D eigenvalue weighted by Gasteiger charge is 2.19. The fraction of sp³-hybridized carbons (Fsp3) is 0.333. The first kappa shape index (κ1) is 13.6. The van der Waals surface area contributed by atoms with Crippen molar-refractivity contribution < 1.29 is 18.4 Å². The maximum atomic E-state index is 13.4. The van der Waals surface area contributed by atoms with Crippen LogP contribution >= 0.6 is 0 Å². The van der Waals surface area contributed by atoms with Crippen LogP contribution in [0.5, 0.6) is 0 Å². The molecule has 2 unspecified atom stereocenters. The number of aliphatic hydroxyl groups excluding tert-OH is 1. The Hall–Kier alpha value is -1.86. The van der Waals surface area contributed by atoms with Crippen LogP contribution in [0.15, 0.2) is 22.7 Å². The molecule has 5 nitrogen and oxygen atoms in total. The van der Waals surface area contributed by atoms with E-state index in [1.54, 1.807) is 0 Å². The van der Waals surface area contributed by atoms with E-state index in [4.69, 9.17) is 10.3 Å². The number of rotatable bonds is 4. The Morgan fingerprint density at radius 2 is 2.16 bits per heavy atom. The van der Waals surface area contributed by atoms with Crippen LogP contribution in [-0.4, -0.2) is 21.4 Å². The van der Waals surface area contributed by atoms with Crippen LogP contribution in [-0.2, 0) is 6.42 Å². The van der Waals surface area contributed by atoms with Gasteiger partial charge in [-0.15, -0.1) is 0 Å². The van der Waals surface area contributed by atoms with Crippen molar-refractivity contribution in [2.24, 2.45) is 5.73 Å². The van der Waals surface area contributed by atoms with Gasteiger partial charge in [0.2, 0.25) is 5.89 Å². The van der Waals surface area contributed by atoms with Gasteiger partial charge in [-0.25, -0.2) is 8.78 Å². The lowest BCUT2D eigenvalue weighted by Gasteiger charge is -2.08. The van der Waals surface area contributed by atoms with E-state index in [1.165, 1.54) is 13.0 Å². The fourth-order valence-corrected chi connectivity index (χ4v) is 1.52. The Kier molecular flexibility index (Phi) is 3.87. The van der Waals surface area contributed by atoms with Crippen LogP contribution in [0.3, 0.4) is 0 Å². The van der Waals surface area contributed by atoms with Crippen molar-refractivity contribution in [1.29, 1.82) is 0 Å². The SMILES string of the molecule is CC(O)C(N)c1nc(Cc2ccc(F)cc2F)no1. The van der Waals surface area contributed by atoms with Gasteiger partial charge in [-0.3, -0.25) is 0 Å². The van der Waals surface area contributed by atoms with Gasteiger partial charge in [0, 0.05) is 12.5 Å². The Balaban J connectivity index is 2.16. The molecule has 0 bridgehead atoms. The number of aliphatic hydroxyl groups is 1.